The van der Waals surface area contributed by atoms with Crippen molar-refractivity contribution in [2.45, 2.75) is 31.7 Å². The summed E-state index contributed by atoms with van der Waals surface area (Å²) < 4.78 is 78.0. The molecule has 0 unspecified atom stereocenters. The van der Waals surface area contributed by atoms with Crippen LogP contribution >= 0.6 is 0 Å². The maximum atomic E-state index is 13.0. The molecule has 5 rings (SSSR count). The van der Waals surface area contributed by atoms with E-state index in [2.05, 4.69) is 20.1 Å². The molecule has 3 aromatic heterocycles. The van der Waals surface area contributed by atoms with Crippen molar-refractivity contribution < 1.29 is 26.3 Å². The lowest BCUT2D eigenvalue weighted by molar-refractivity contribution is -0.142. The minimum absolute atomic E-state index is 0.0258. The van der Waals surface area contributed by atoms with E-state index in [1.54, 1.807) is 0 Å². The van der Waals surface area contributed by atoms with E-state index in [1.807, 2.05) is 9.80 Å². The van der Waals surface area contributed by atoms with Crippen LogP contribution in [0.4, 0.5) is 38.0 Å². The van der Waals surface area contributed by atoms with Gasteiger partial charge in [-0.25, -0.2) is 19.6 Å². The van der Waals surface area contributed by atoms with Crippen molar-refractivity contribution in [3.05, 3.63) is 36.3 Å². The van der Waals surface area contributed by atoms with Gasteiger partial charge in [0, 0.05) is 37.8 Å². The highest BCUT2D eigenvalue weighted by Crippen LogP contribution is 2.43. The Kier molecular flexibility index (Phi) is 4.90. The van der Waals surface area contributed by atoms with Gasteiger partial charge in [0.25, 0.3) is 0 Å². The predicted molar refractivity (Wildman–Crippen MR) is 107 cm³/mol. The summed E-state index contributed by atoms with van der Waals surface area (Å²) in [6.07, 6.45) is -3.31. The van der Waals surface area contributed by atoms with Gasteiger partial charge < -0.3 is 9.80 Å². The molecule has 0 aliphatic carbocycles. The van der Waals surface area contributed by atoms with Crippen LogP contribution in [0.1, 0.15) is 18.4 Å². The molecule has 0 aromatic carbocycles. The Morgan fingerprint density at radius 2 is 1.64 bits per heavy atom. The molecule has 13 heteroatoms. The molecule has 2 aliphatic rings. The summed E-state index contributed by atoms with van der Waals surface area (Å²) in [6.45, 7) is 1.22. The number of halogens is 6. The fourth-order valence-corrected chi connectivity index (χ4v) is 4.50. The number of alkyl halides is 6. The van der Waals surface area contributed by atoms with Crippen LogP contribution < -0.4 is 9.80 Å². The number of pyridine rings is 1. The summed E-state index contributed by atoms with van der Waals surface area (Å²) in [5.41, 5.74) is -0.376. The van der Waals surface area contributed by atoms with Crippen molar-refractivity contribution in [2.75, 3.05) is 36.0 Å². The summed E-state index contributed by atoms with van der Waals surface area (Å²) in [6, 6.07) is 2.02. The number of hydrogen-bond acceptors (Lipinski definition) is 6. The molecule has 1 spiro atoms. The minimum atomic E-state index is -4.42. The van der Waals surface area contributed by atoms with Gasteiger partial charge in [0.15, 0.2) is 5.65 Å². The van der Waals surface area contributed by atoms with E-state index in [9.17, 15) is 26.3 Å². The Morgan fingerprint density at radius 3 is 2.30 bits per heavy atom. The Balaban J connectivity index is 1.24. The zero-order valence-corrected chi connectivity index (χ0v) is 17.2. The monoisotopic (exact) mass is 471 g/mol. The molecule has 0 N–H and O–H groups in total. The molecule has 0 atom stereocenters. The van der Waals surface area contributed by atoms with Gasteiger partial charge in [-0.05, 0) is 25.0 Å². The largest absolute Gasteiger partial charge is 0.416 e. The molecule has 176 valence electrons. The Hall–Kier alpha value is -3.12. The van der Waals surface area contributed by atoms with Crippen LogP contribution in [0, 0.1) is 5.41 Å². The van der Waals surface area contributed by atoms with Crippen molar-refractivity contribution in [3.63, 3.8) is 0 Å². The van der Waals surface area contributed by atoms with Crippen LogP contribution in [0.5, 0.6) is 0 Å². The van der Waals surface area contributed by atoms with E-state index in [4.69, 9.17) is 0 Å². The van der Waals surface area contributed by atoms with Gasteiger partial charge in [-0.1, -0.05) is 0 Å². The van der Waals surface area contributed by atoms with Gasteiger partial charge in [-0.3, -0.25) is 0 Å². The van der Waals surface area contributed by atoms with Crippen molar-refractivity contribution in [1.82, 2.24) is 24.7 Å². The second-order valence-electron chi connectivity index (χ2n) is 8.60. The molecule has 0 bridgehead atoms. The molecule has 2 saturated heterocycles. The number of anilines is 2. The normalized spacial score (nSPS) is 18.7. The molecule has 0 radical (unpaired) electrons. The fraction of sp³-hybridized carbons (Fsp3) is 0.500. The van der Waals surface area contributed by atoms with Crippen molar-refractivity contribution >= 4 is 22.8 Å². The highest BCUT2D eigenvalue weighted by molar-refractivity contribution is 5.71. The number of piperidine rings is 1. The van der Waals surface area contributed by atoms with Gasteiger partial charge in [-0.2, -0.15) is 31.4 Å². The third-order valence-corrected chi connectivity index (χ3v) is 6.26. The second kappa shape index (κ2) is 7.45. The van der Waals surface area contributed by atoms with Crippen LogP contribution in [0.15, 0.2) is 30.7 Å². The maximum absolute atomic E-state index is 13.0. The van der Waals surface area contributed by atoms with Gasteiger partial charge in [0.1, 0.15) is 23.7 Å². The fourth-order valence-electron chi connectivity index (χ4n) is 4.50. The SMILES string of the molecule is FC(F)(F)Cn1ncc2ncc(N3CCC4(CC3)CN(c3cc(C(F)(F)F)ccn3)C4)nc21. The Bertz CT molecular complexity index is 1160. The highest BCUT2D eigenvalue weighted by Gasteiger charge is 2.46. The van der Waals surface area contributed by atoms with E-state index in [0.29, 0.717) is 43.3 Å². The molecule has 0 saturated carbocycles. The molecule has 3 aromatic rings. The van der Waals surface area contributed by atoms with Gasteiger partial charge in [0.05, 0.1) is 18.0 Å². The van der Waals surface area contributed by atoms with Crippen LogP contribution in [-0.4, -0.2) is 57.1 Å². The zero-order chi connectivity index (χ0) is 23.4. The first kappa shape index (κ1) is 21.7. The van der Waals surface area contributed by atoms with Crippen LogP contribution in [-0.2, 0) is 12.7 Å². The summed E-state index contributed by atoms with van der Waals surface area (Å²) in [7, 11) is 0. The Labute approximate surface area is 184 Å². The zero-order valence-electron chi connectivity index (χ0n) is 17.2. The summed E-state index contributed by atoms with van der Waals surface area (Å²) in [5, 5.41) is 3.74. The van der Waals surface area contributed by atoms with Gasteiger partial charge in [-0.15, -0.1) is 0 Å². The van der Waals surface area contributed by atoms with Crippen molar-refractivity contribution in [2.24, 2.45) is 5.41 Å². The van der Waals surface area contributed by atoms with E-state index in [0.717, 1.165) is 29.7 Å². The average Bonchev–Trinajstić information content (AvgIpc) is 3.12. The van der Waals surface area contributed by atoms with E-state index < -0.39 is 24.5 Å². The Morgan fingerprint density at radius 1 is 0.909 bits per heavy atom. The first-order valence-electron chi connectivity index (χ1n) is 10.3. The standard InChI is InChI=1S/C20H19F6N7/c21-19(22,23)12-33-17-14(8-29-33)28-9-16(30-17)31-5-2-18(3-6-31)10-32(11-18)15-7-13(1-4-27-15)20(24,25)26/h1,4,7-9H,2-3,5-6,10-12H2. The van der Waals surface area contributed by atoms with E-state index in [-0.39, 0.29) is 11.1 Å². The molecular weight excluding hydrogens is 452 g/mol. The van der Waals surface area contributed by atoms with Gasteiger partial charge >= 0.3 is 12.4 Å². The molecule has 7 nitrogen and oxygen atoms in total. The molecule has 0 amide bonds. The van der Waals surface area contributed by atoms with Crippen LogP contribution in [0.25, 0.3) is 11.2 Å². The molecule has 5 heterocycles. The van der Waals surface area contributed by atoms with E-state index in [1.165, 1.54) is 18.6 Å². The topological polar surface area (TPSA) is 63.0 Å². The van der Waals surface area contributed by atoms with Crippen LogP contribution in [0.3, 0.4) is 0 Å². The van der Waals surface area contributed by atoms with Crippen LogP contribution in [0.2, 0.25) is 0 Å². The third-order valence-electron chi connectivity index (χ3n) is 6.26. The number of rotatable bonds is 3. The third kappa shape index (κ3) is 4.27. The minimum Gasteiger partial charge on any atom is -0.355 e. The summed E-state index contributed by atoms with van der Waals surface area (Å²) in [4.78, 5) is 16.4. The first-order valence-corrected chi connectivity index (χ1v) is 10.3. The number of hydrogen-bond donors (Lipinski definition) is 0. The lowest BCUT2D eigenvalue weighted by Gasteiger charge is -2.54. The molecule has 2 aliphatic heterocycles. The van der Waals surface area contributed by atoms with Crippen molar-refractivity contribution in [1.29, 1.82) is 0 Å². The lowest BCUT2D eigenvalue weighted by atomic mass is 9.72. The predicted octanol–water partition coefficient (Wildman–Crippen LogP) is 3.91. The number of fused-ring (bicyclic) bond motifs is 1. The van der Waals surface area contributed by atoms with Crippen molar-refractivity contribution in [3.8, 4) is 0 Å². The highest BCUT2D eigenvalue weighted by atomic mass is 19.4. The number of nitrogens with zero attached hydrogens (tertiary/aromatic N) is 7. The molecular formula is C20H19F6N7. The lowest BCUT2D eigenvalue weighted by Crippen LogP contribution is -2.61. The maximum Gasteiger partial charge on any atom is 0.416 e. The van der Waals surface area contributed by atoms with E-state index >= 15 is 0 Å². The number of aromatic nitrogens is 5. The average molecular weight is 471 g/mol. The molecule has 33 heavy (non-hydrogen) atoms. The summed E-state index contributed by atoms with van der Waals surface area (Å²) >= 11 is 0. The summed E-state index contributed by atoms with van der Waals surface area (Å²) in [5.74, 6) is 0.795. The van der Waals surface area contributed by atoms with Gasteiger partial charge in [0.2, 0.25) is 0 Å². The quantitative estimate of drug-likeness (QED) is 0.540. The molecule has 2 fully saturated rings. The first-order chi connectivity index (χ1) is 15.5. The second-order valence-corrected chi connectivity index (χ2v) is 8.60. The smallest absolute Gasteiger partial charge is 0.355 e.